The summed E-state index contributed by atoms with van der Waals surface area (Å²) >= 11 is 0. The molecule has 9 heteroatoms. The molecule has 1 amide bonds. The zero-order valence-electron chi connectivity index (χ0n) is 19.6. The Labute approximate surface area is 200 Å². The minimum absolute atomic E-state index is 0.00446. The molecule has 2 N–H and O–H groups in total. The highest BCUT2D eigenvalue weighted by Gasteiger charge is 2.29. The largest absolute Gasteiger partial charge is 0.346 e. The van der Waals surface area contributed by atoms with Gasteiger partial charge in [-0.15, -0.1) is 0 Å². The number of carbonyl (C=O) groups is 1. The fourth-order valence-electron chi connectivity index (χ4n) is 4.02. The van der Waals surface area contributed by atoms with Gasteiger partial charge in [0.2, 0.25) is 5.91 Å². The molecule has 2 heterocycles. The molecule has 0 spiro atoms. The van der Waals surface area contributed by atoms with Crippen LogP contribution in [0.5, 0.6) is 0 Å². The van der Waals surface area contributed by atoms with Gasteiger partial charge >= 0.3 is 0 Å². The summed E-state index contributed by atoms with van der Waals surface area (Å²) in [5.41, 5.74) is 2.59. The molecule has 0 bridgehead atoms. The van der Waals surface area contributed by atoms with Crippen LogP contribution >= 0.6 is 0 Å². The molecule has 0 atom stereocenters. The average Bonchev–Trinajstić information content (AvgIpc) is 3.32. The fraction of sp³-hybridized carbons (Fsp3) is 0.360. The topological polar surface area (TPSA) is 95.8 Å². The Kier molecular flexibility index (Phi) is 7.33. The van der Waals surface area contributed by atoms with Crippen molar-refractivity contribution in [2.75, 3.05) is 32.5 Å². The molecule has 0 unspecified atom stereocenters. The maximum absolute atomic E-state index is 12.4. The molecule has 0 saturated heterocycles. The van der Waals surface area contributed by atoms with E-state index in [0.29, 0.717) is 24.4 Å². The lowest BCUT2D eigenvalue weighted by Crippen LogP contribution is -2.22. The van der Waals surface area contributed by atoms with Crippen LogP contribution in [0.4, 0.5) is 5.69 Å². The van der Waals surface area contributed by atoms with Gasteiger partial charge < -0.3 is 14.8 Å². The number of nitrogens with one attached hydrogen (secondary N) is 2. The summed E-state index contributed by atoms with van der Waals surface area (Å²) in [6.45, 7) is 2.40. The Hall–Kier alpha value is -3.17. The van der Waals surface area contributed by atoms with Gasteiger partial charge in [-0.2, -0.15) is 0 Å². The van der Waals surface area contributed by atoms with E-state index in [0.717, 1.165) is 48.9 Å². The molecule has 2 aromatic carbocycles. The zero-order chi connectivity index (χ0) is 24.1. The number of sulfonamides is 1. The second-order valence-electron chi connectivity index (χ2n) is 8.78. The summed E-state index contributed by atoms with van der Waals surface area (Å²) in [7, 11) is 0.623. The minimum atomic E-state index is -3.50. The molecule has 1 aromatic heterocycles. The molecule has 8 nitrogen and oxygen atoms in total. The first-order chi connectivity index (χ1) is 16.3. The summed E-state index contributed by atoms with van der Waals surface area (Å²) in [5, 5.41) is 4.10. The quantitative estimate of drug-likeness (QED) is 0.434. The third-order valence-electron chi connectivity index (χ3n) is 5.84. The first-order valence-corrected chi connectivity index (χ1v) is 13.0. The summed E-state index contributed by atoms with van der Waals surface area (Å²) in [5.74, 6) is 0.398. The number of unbranched alkanes of at least 4 members (excludes halogenated alkanes) is 2. The van der Waals surface area contributed by atoms with Gasteiger partial charge in [0.1, 0.15) is 5.84 Å². The second kappa shape index (κ2) is 10.4. The third-order valence-corrected chi connectivity index (χ3v) is 7.23. The number of hydrogen-bond donors (Lipinski definition) is 2. The van der Waals surface area contributed by atoms with Crippen molar-refractivity contribution in [2.24, 2.45) is 4.99 Å². The standard InChI is InChI=1S/C25H31N5O3S/c1-29(2)16-17-30-15-13-19-18-20(11-12-22(19)30)27-24(31)10-4-3-7-14-26-25-21-8-5-6-9-23(21)34(32,33)28-25/h5-6,8-9,11-13,15,18H,3-4,7,10,14,16-17H2,1-2H3,(H,26,28)(H,27,31). The Morgan fingerprint density at radius 2 is 1.91 bits per heavy atom. The number of aliphatic imine (C=N–C) groups is 1. The molecule has 0 saturated carbocycles. The third kappa shape index (κ3) is 5.66. The van der Waals surface area contributed by atoms with Crippen molar-refractivity contribution in [3.8, 4) is 0 Å². The highest BCUT2D eigenvalue weighted by molar-refractivity contribution is 7.90. The molecule has 3 aromatic rings. The Morgan fingerprint density at radius 1 is 1.09 bits per heavy atom. The monoisotopic (exact) mass is 481 g/mol. The van der Waals surface area contributed by atoms with E-state index in [4.69, 9.17) is 0 Å². The summed E-state index contributed by atoms with van der Waals surface area (Å²) < 4.78 is 29.0. The number of rotatable bonds is 10. The van der Waals surface area contributed by atoms with E-state index in [1.165, 1.54) is 0 Å². The summed E-state index contributed by atoms with van der Waals surface area (Å²) in [6.07, 6.45) is 4.90. The van der Waals surface area contributed by atoms with Crippen LogP contribution < -0.4 is 10.0 Å². The van der Waals surface area contributed by atoms with Crippen molar-refractivity contribution in [3.63, 3.8) is 0 Å². The molecular formula is C25H31N5O3S. The predicted molar refractivity (Wildman–Crippen MR) is 136 cm³/mol. The number of fused-ring (bicyclic) bond motifs is 2. The van der Waals surface area contributed by atoms with E-state index in [-0.39, 0.29) is 10.8 Å². The lowest BCUT2D eigenvalue weighted by Gasteiger charge is -2.11. The van der Waals surface area contributed by atoms with Crippen LogP contribution in [-0.2, 0) is 21.4 Å². The molecule has 0 fully saturated rings. The highest BCUT2D eigenvalue weighted by atomic mass is 32.2. The van der Waals surface area contributed by atoms with Gasteiger partial charge in [-0.05, 0) is 63.3 Å². The van der Waals surface area contributed by atoms with Crippen LogP contribution in [0.25, 0.3) is 10.9 Å². The van der Waals surface area contributed by atoms with Gasteiger partial charge in [-0.1, -0.05) is 18.6 Å². The molecule has 4 rings (SSSR count). The van der Waals surface area contributed by atoms with Gasteiger partial charge in [0.15, 0.2) is 0 Å². The van der Waals surface area contributed by atoms with Crippen molar-refractivity contribution in [3.05, 3.63) is 60.3 Å². The van der Waals surface area contributed by atoms with Crippen LogP contribution in [0.2, 0.25) is 0 Å². The molecule has 180 valence electrons. The summed E-state index contributed by atoms with van der Waals surface area (Å²) in [6, 6.07) is 14.9. The molecular weight excluding hydrogens is 450 g/mol. The first-order valence-electron chi connectivity index (χ1n) is 11.5. The predicted octanol–water partition coefficient (Wildman–Crippen LogP) is 3.44. The van der Waals surface area contributed by atoms with Crippen LogP contribution in [0.3, 0.4) is 0 Å². The number of carbonyl (C=O) groups excluding carboxylic acids is 1. The maximum Gasteiger partial charge on any atom is 0.263 e. The molecule has 0 radical (unpaired) electrons. The highest BCUT2D eigenvalue weighted by Crippen LogP contribution is 2.23. The van der Waals surface area contributed by atoms with Gasteiger partial charge in [0.25, 0.3) is 10.0 Å². The minimum Gasteiger partial charge on any atom is -0.346 e. The first kappa shape index (κ1) is 24.0. The van der Waals surface area contributed by atoms with Gasteiger partial charge in [-0.3, -0.25) is 14.5 Å². The van der Waals surface area contributed by atoms with E-state index >= 15 is 0 Å². The SMILES string of the molecule is CN(C)CCn1ccc2cc(NC(=O)CCCCCN=C3NS(=O)(=O)c4ccccc43)ccc21. The van der Waals surface area contributed by atoms with Gasteiger partial charge in [0, 0.05) is 54.4 Å². The van der Waals surface area contributed by atoms with Crippen molar-refractivity contribution in [1.82, 2.24) is 14.2 Å². The van der Waals surface area contributed by atoms with E-state index < -0.39 is 10.0 Å². The average molecular weight is 482 g/mol. The van der Waals surface area contributed by atoms with E-state index in [9.17, 15) is 13.2 Å². The van der Waals surface area contributed by atoms with Crippen LogP contribution in [0.15, 0.2) is 64.6 Å². The number of amides is 1. The van der Waals surface area contributed by atoms with Crippen molar-refractivity contribution in [1.29, 1.82) is 0 Å². The second-order valence-corrected chi connectivity index (χ2v) is 10.4. The number of hydrogen-bond acceptors (Lipinski definition) is 5. The number of amidine groups is 1. The molecule has 0 aliphatic carbocycles. The molecule has 1 aliphatic rings. The fourth-order valence-corrected chi connectivity index (χ4v) is 5.27. The number of anilines is 1. The van der Waals surface area contributed by atoms with Gasteiger partial charge in [0.05, 0.1) is 4.90 Å². The number of aromatic nitrogens is 1. The maximum atomic E-state index is 12.4. The Morgan fingerprint density at radius 3 is 2.74 bits per heavy atom. The molecule has 34 heavy (non-hydrogen) atoms. The van der Waals surface area contributed by atoms with Crippen molar-refractivity contribution in [2.45, 2.75) is 37.1 Å². The van der Waals surface area contributed by atoms with E-state index in [2.05, 4.69) is 56.9 Å². The zero-order valence-corrected chi connectivity index (χ0v) is 20.4. The lowest BCUT2D eigenvalue weighted by atomic mass is 10.1. The van der Waals surface area contributed by atoms with Crippen molar-refractivity contribution < 1.29 is 13.2 Å². The van der Waals surface area contributed by atoms with E-state index in [1.54, 1.807) is 24.3 Å². The van der Waals surface area contributed by atoms with Crippen LogP contribution in [-0.4, -0.2) is 56.8 Å². The van der Waals surface area contributed by atoms with Gasteiger partial charge in [-0.25, -0.2) is 8.42 Å². The van der Waals surface area contributed by atoms with Crippen LogP contribution in [0.1, 0.15) is 31.2 Å². The number of likely N-dealkylation sites (N-methyl/N-ethyl adjacent to an activating group) is 1. The smallest absolute Gasteiger partial charge is 0.263 e. The van der Waals surface area contributed by atoms with Crippen molar-refractivity contribution >= 4 is 38.4 Å². The molecule has 1 aliphatic heterocycles. The number of benzene rings is 2. The normalized spacial score (nSPS) is 15.6. The van der Waals surface area contributed by atoms with Crippen LogP contribution in [0, 0.1) is 0 Å². The Bertz CT molecular complexity index is 1310. The summed E-state index contributed by atoms with van der Waals surface area (Å²) in [4.78, 5) is 19.2. The number of nitrogens with zero attached hydrogens (tertiary/aromatic N) is 3. The van der Waals surface area contributed by atoms with E-state index in [1.807, 2.05) is 12.1 Å². The Balaban J connectivity index is 1.21. The lowest BCUT2D eigenvalue weighted by molar-refractivity contribution is -0.116.